The van der Waals surface area contributed by atoms with Gasteiger partial charge in [0.05, 0.1) is 5.51 Å². The van der Waals surface area contributed by atoms with E-state index in [1.165, 1.54) is 11.3 Å². The van der Waals surface area contributed by atoms with Crippen molar-refractivity contribution in [3.8, 4) is 0 Å². The molecule has 1 aliphatic carbocycles. The largest absolute Gasteiger partial charge is 0.347 e. The monoisotopic (exact) mass is 326 g/mol. The van der Waals surface area contributed by atoms with Crippen LogP contribution in [-0.4, -0.2) is 16.9 Å². The van der Waals surface area contributed by atoms with Crippen molar-refractivity contribution in [1.29, 1.82) is 0 Å². The summed E-state index contributed by atoms with van der Waals surface area (Å²) in [6.45, 7) is 0. The van der Waals surface area contributed by atoms with Gasteiger partial charge >= 0.3 is 0 Å². The molecule has 1 heterocycles. The Morgan fingerprint density at radius 2 is 2.20 bits per heavy atom. The molecule has 20 heavy (non-hydrogen) atoms. The van der Waals surface area contributed by atoms with Gasteiger partial charge < -0.3 is 5.32 Å². The third-order valence-corrected chi connectivity index (χ3v) is 4.77. The number of halogens is 2. The smallest absolute Gasteiger partial charge is 0.270 e. The third kappa shape index (κ3) is 2.68. The lowest BCUT2D eigenvalue weighted by atomic mass is 9.75. The van der Waals surface area contributed by atoms with E-state index in [1.54, 1.807) is 17.0 Å². The van der Waals surface area contributed by atoms with Crippen molar-refractivity contribution >= 4 is 40.4 Å². The Bertz CT molecular complexity index is 630. The first kappa shape index (κ1) is 13.9. The number of carbonyl (C=O) groups is 1. The van der Waals surface area contributed by atoms with Crippen LogP contribution in [0.4, 0.5) is 0 Å². The van der Waals surface area contributed by atoms with Crippen LogP contribution in [0.1, 0.15) is 34.8 Å². The summed E-state index contributed by atoms with van der Waals surface area (Å²) < 4.78 is 0. The van der Waals surface area contributed by atoms with Crippen LogP contribution in [0.25, 0.3) is 0 Å². The number of carbonyl (C=O) groups excluding carboxylic acids is 1. The van der Waals surface area contributed by atoms with Gasteiger partial charge in [-0.1, -0.05) is 29.3 Å². The van der Waals surface area contributed by atoms with Crippen molar-refractivity contribution in [2.45, 2.75) is 24.8 Å². The molecular weight excluding hydrogens is 315 g/mol. The van der Waals surface area contributed by atoms with E-state index in [-0.39, 0.29) is 17.9 Å². The topological polar surface area (TPSA) is 42.0 Å². The number of nitrogens with one attached hydrogen (secondary N) is 1. The minimum absolute atomic E-state index is 0.114. The maximum absolute atomic E-state index is 12.0. The van der Waals surface area contributed by atoms with E-state index in [9.17, 15) is 4.79 Å². The van der Waals surface area contributed by atoms with E-state index in [4.69, 9.17) is 23.2 Å². The lowest BCUT2D eigenvalue weighted by molar-refractivity contribution is 0.0900. The molecular formula is C14H12Cl2N2OS. The molecule has 1 N–H and O–H groups in total. The van der Waals surface area contributed by atoms with Crippen LogP contribution in [0.15, 0.2) is 29.1 Å². The molecule has 2 aromatic rings. The number of hydrogen-bond acceptors (Lipinski definition) is 3. The number of amides is 1. The summed E-state index contributed by atoms with van der Waals surface area (Å²) in [6.07, 6.45) is 1.98. The highest BCUT2D eigenvalue weighted by Gasteiger charge is 2.34. The number of hydrogen-bond donors (Lipinski definition) is 1. The first-order valence-electron chi connectivity index (χ1n) is 6.29. The van der Waals surface area contributed by atoms with Crippen molar-refractivity contribution in [3.05, 3.63) is 50.4 Å². The Balaban J connectivity index is 1.72. The predicted octanol–water partition coefficient (Wildman–Crippen LogP) is 4.13. The van der Waals surface area contributed by atoms with Gasteiger partial charge in [0.2, 0.25) is 0 Å². The van der Waals surface area contributed by atoms with E-state index in [0.717, 1.165) is 18.4 Å². The van der Waals surface area contributed by atoms with Gasteiger partial charge in [-0.05, 0) is 30.5 Å². The summed E-state index contributed by atoms with van der Waals surface area (Å²) in [7, 11) is 0. The molecule has 0 bridgehead atoms. The van der Waals surface area contributed by atoms with Gasteiger partial charge in [-0.2, -0.15) is 0 Å². The van der Waals surface area contributed by atoms with E-state index in [0.29, 0.717) is 15.7 Å². The minimum atomic E-state index is -0.119. The Morgan fingerprint density at radius 3 is 2.80 bits per heavy atom. The van der Waals surface area contributed by atoms with Gasteiger partial charge in [0.25, 0.3) is 5.91 Å². The molecule has 0 spiro atoms. The number of thiazole rings is 1. The summed E-state index contributed by atoms with van der Waals surface area (Å²) in [4.78, 5) is 16.0. The Kier molecular flexibility index (Phi) is 3.96. The third-order valence-electron chi connectivity index (χ3n) is 3.62. The first-order chi connectivity index (χ1) is 9.65. The molecule has 2 atom stereocenters. The highest BCUT2D eigenvalue weighted by atomic mass is 35.5. The second-order valence-electron chi connectivity index (χ2n) is 4.80. The molecule has 1 amide bonds. The summed E-state index contributed by atoms with van der Waals surface area (Å²) in [6, 6.07) is 5.63. The van der Waals surface area contributed by atoms with Gasteiger partial charge in [-0.15, -0.1) is 11.3 Å². The zero-order valence-electron chi connectivity index (χ0n) is 10.5. The fourth-order valence-electron chi connectivity index (χ4n) is 2.41. The van der Waals surface area contributed by atoms with Gasteiger partial charge in [-0.3, -0.25) is 4.79 Å². The average Bonchev–Trinajstić information content (AvgIpc) is 2.91. The van der Waals surface area contributed by atoms with Gasteiger partial charge in [0, 0.05) is 27.4 Å². The maximum Gasteiger partial charge on any atom is 0.270 e. The zero-order chi connectivity index (χ0) is 14.1. The van der Waals surface area contributed by atoms with Gasteiger partial charge in [0.15, 0.2) is 0 Å². The summed E-state index contributed by atoms with van der Waals surface area (Å²) in [5, 5.41) is 6.06. The maximum atomic E-state index is 12.0. The Labute approximate surface area is 130 Å². The SMILES string of the molecule is O=C(N[C@H]1CC[C@H]1c1ccc(Cl)cc1Cl)c1cscn1. The molecule has 1 aromatic heterocycles. The number of rotatable bonds is 3. The summed E-state index contributed by atoms with van der Waals surface area (Å²) in [5.41, 5.74) is 3.18. The fraction of sp³-hybridized carbons (Fsp3) is 0.286. The zero-order valence-corrected chi connectivity index (χ0v) is 12.8. The van der Waals surface area contributed by atoms with Gasteiger partial charge in [-0.25, -0.2) is 4.98 Å². The molecule has 0 unspecified atom stereocenters. The fourth-order valence-corrected chi connectivity index (χ4v) is 3.49. The predicted molar refractivity (Wildman–Crippen MR) is 81.8 cm³/mol. The summed E-state index contributed by atoms with van der Waals surface area (Å²) in [5.74, 6) is 0.133. The molecule has 3 rings (SSSR count). The molecule has 0 radical (unpaired) electrons. The second-order valence-corrected chi connectivity index (χ2v) is 6.37. The van der Waals surface area contributed by atoms with Crippen molar-refractivity contribution in [2.24, 2.45) is 0 Å². The normalized spacial score (nSPS) is 21.3. The van der Waals surface area contributed by atoms with E-state index in [1.807, 2.05) is 12.1 Å². The molecule has 1 aromatic carbocycles. The lowest BCUT2D eigenvalue weighted by Crippen LogP contribution is -2.45. The number of nitrogens with zero attached hydrogens (tertiary/aromatic N) is 1. The molecule has 6 heteroatoms. The minimum Gasteiger partial charge on any atom is -0.347 e. The average molecular weight is 327 g/mol. The molecule has 0 saturated heterocycles. The lowest BCUT2D eigenvalue weighted by Gasteiger charge is -2.37. The van der Waals surface area contributed by atoms with E-state index in [2.05, 4.69) is 10.3 Å². The first-order valence-corrected chi connectivity index (χ1v) is 7.99. The number of benzene rings is 1. The molecule has 1 saturated carbocycles. The second kappa shape index (κ2) is 5.72. The van der Waals surface area contributed by atoms with Crippen LogP contribution >= 0.6 is 34.5 Å². The van der Waals surface area contributed by atoms with E-state index < -0.39 is 0 Å². The molecule has 1 fully saturated rings. The standard InChI is InChI=1S/C14H12Cl2N2OS/c15-8-1-2-9(11(16)5-8)10-3-4-12(10)18-14(19)13-6-20-7-17-13/h1-2,5-7,10,12H,3-4H2,(H,18,19)/t10-,12-/m0/s1. The van der Waals surface area contributed by atoms with Crippen LogP contribution in [0.2, 0.25) is 10.0 Å². The van der Waals surface area contributed by atoms with E-state index >= 15 is 0 Å². The van der Waals surface area contributed by atoms with Crippen molar-refractivity contribution in [2.75, 3.05) is 0 Å². The number of aromatic nitrogens is 1. The van der Waals surface area contributed by atoms with Crippen LogP contribution < -0.4 is 5.32 Å². The van der Waals surface area contributed by atoms with Crippen LogP contribution in [0, 0.1) is 0 Å². The van der Waals surface area contributed by atoms with Crippen LogP contribution in [-0.2, 0) is 0 Å². The molecule has 1 aliphatic rings. The molecule has 3 nitrogen and oxygen atoms in total. The van der Waals surface area contributed by atoms with Gasteiger partial charge in [0.1, 0.15) is 5.69 Å². The quantitative estimate of drug-likeness (QED) is 0.921. The Morgan fingerprint density at radius 1 is 1.35 bits per heavy atom. The van der Waals surface area contributed by atoms with Crippen LogP contribution in [0.3, 0.4) is 0 Å². The van der Waals surface area contributed by atoms with Crippen molar-refractivity contribution < 1.29 is 4.79 Å². The highest BCUT2D eigenvalue weighted by molar-refractivity contribution is 7.07. The van der Waals surface area contributed by atoms with Crippen LogP contribution in [0.5, 0.6) is 0 Å². The molecule has 104 valence electrons. The van der Waals surface area contributed by atoms with Crippen molar-refractivity contribution in [3.63, 3.8) is 0 Å². The molecule has 0 aliphatic heterocycles. The Hall–Kier alpha value is -1.10. The van der Waals surface area contributed by atoms with Crippen molar-refractivity contribution in [1.82, 2.24) is 10.3 Å². The highest BCUT2D eigenvalue weighted by Crippen LogP contribution is 2.40. The summed E-state index contributed by atoms with van der Waals surface area (Å²) >= 11 is 13.6.